The summed E-state index contributed by atoms with van der Waals surface area (Å²) in [6.45, 7) is 0.386. The molecular formula is C16H19BrFNO2. The van der Waals surface area contributed by atoms with Crippen LogP contribution in [0.1, 0.15) is 37.7 Å². The maximum Gasteiger partial charge on any atom is 0.320 e. The second-order valence-electron chi connectivity index (χ2n) is 6.11. The lowest BCUT2D eigenvalue weighted by Crippen LogP contribution is -2.41. The van der Waals surface area contributed by atoms with Crippen molar-refractivity contribution in [2.45, 2.75) is 50.7 Å². The molecule has 0 amide bonds. The van der Waals surface area contributed by atoms with E-state index in [1.165, 1.54) is 12.5 Å². The predicted molar refractivity (Wildman–Crippen MR) is 81.4 cm³/mol. The van der Waals surface area contributed by atoms with Gasteiger partial charge in [-0.05, 0) is 37.3 Å². The number of carbonyl (C=O) groups is 1. The highest BCUT2D eigenvalue weighted by atomic mass is 79.9. The molecule has 1 saturated heterocycles. The zero-order valence-electron chi connectivity index (χ0n) is 11.8. The van der Waals surface area contributed by atoms with E-state index in [1.54, 1.807) is 6.07 Å². The van der Waals surface area contributed by atoms with Crippen molar-refractivity contribution in [1.82, 2.24) is 4.90 Å². The van der Waals surface area contributed by atoms with Gasteiger partial charge in [-0.2, -0.15) is 0 Å². The summed E-state index contributed by atoms with van der Waals surface area (Å²) < 4.78 is 14.8. The summed E-state index contributed by atoms with van der Waals surface area (Å²) in [7, 11) is 0. The van der Waals surface area contributed by atoms with Crippen molar-refractivity contribution in [3.63, 3.8) is 0 Å². The summed E-state index contributed by atoms with van der Waals surface area (Å²) in [4.78, 5) is 13.6. The third kappa shape index (κ3) is 2.99. The third-order valence-corrected chi connectivity index (χ3v) is 5.37. The number of benzene rings is 1. The van der Waals surface area contributed by atoms with Crippen LogP contribution in [0.25, 0.3) is 0 Å². The molecule has 2 fully saturated rings. The van der Waals surface area contributed by atoms with Gasteiger partial charge in [0.05, 0.1) is 0 Å². The van der Waals surface area contributed by atoms with Gasteiger partial charge in [0, 0.05) is 22.6 Å². The number of nitrogens with zero attached hydrogens (tertiary/aromatic N) is 1. The van der Waals surface area contributed by atoms with Crippen LogP contribution in [0.2, 0.25) is 0 Å². The second kappa shape index (κ2) is 6.05. The minimum Gasteiger partial charge on any atom is -0.480 e. The van der Waals surface area contributed by atoms with Crippen LogP contribution in [-0.4, -0.2) is 28.1 Å². The van der Waals surface area contributed by atoms with E-state index >= 15 is 0 Å². The van der Waals surface area contributed by atoms with E-state index in [4.69, 9.17) is 0 Å². The lowest BCUT2D eigenvalue weighted by Gasteiger charge is -2.33. The largest absolute Gasteiger partial charge is 0.480 e. The fourth-order valence-corrected chi connectivity index (χ4v) is 4.20. The molecule has 1 saturated carbocycles. The highest BCUT2D eigenvalue weighted by Gasteiger charge is 2.45. The van der Waals surface area contributed by atoms with E-state index in [1.807, 2.05) is 11.0 Å². The number of carboxylic acids is 1. The summed E-state index contributed by atoms with van der Waals surface area (Å²) in [5, 5.41) is 9.48. The normalized spacial score (nSPS) is 29.3. The molecule has 1 aromatic carbocycles. The van der Waals surface area contributed by atoms with Crippen LogP contribution in [0.3, 0.4) is 0 Å². The maximum absolute atomic E-state index is 14.1. The molecule has 0 bridgehead atoms. The van der Waals surface area contributed by atoms with Crippen LogP contribution in [0.4, 0.5) is 4.39 Å². The van der Waals surface area contributed by atoms with E-state index in [0.29, 0.717) is 35.0 Å². The minimum atomic E-state index is -0.776. The summed E-state index contributed by atoms with van der Waals surface area (Å²) in [5.41, 5.74) is 0.579. The minimum absolute atomic E-state index is 0.271. The molecule has 0 radical (unpaired) electrons. The number of hydrogen-bond donors (Lipinski definition) is 1. The molecule has 0 aromatic heterocycles. The van der Waals surface area contributed by atoms with Crippen molar-refractivity contribution >= 4 is 21.9 Å². The average molecular weight is 356 g/mol. The number of carboxylic acid groups (broad SMARTS) is 1. The molecule has 21 heavy (non-hydrogen) atoms. The van der Waals surface area contributed by atoms with Gasteiger partial charge in [-0.1, -0.05) is 34.8 Å². The second-order valence-corrected chi connectivity index (χ2v) is 7.03. The number of hydrogen-bond acceptors (Lipinski definition) is 2. The predicted octanol–water partition coefficient (Wildman–Crippen LogP) is 3.81. The Hall–Kier alpha value is -0.940. The monoisotopic (exact) mass is 355 g/mol. The van der Waals surface area contributed by atoms with Gasteiger partial charge in [0.25, 0.3) is 0 Å². The highest BCUT2D eigenvalue weighted by Crippen LogP contribution is 2.40. The van der Waals surface area contributed by atoms with Gasteiger partial charge in [0.1, 0.15) is 11.9 Å². The van der Waals surface area contributed by atoms with E-state index in [9.17, 15) is 14.3 Å². The topological polar surface area (TPSA) is 40.5 Å². The van der Waals surface area contributed by atoms with Crippen LogP contribution < -0.4 is 0 Å². The molecule has 1 aliphatic carbocycles. The summed E-state index contributed by atoms with van der Waals surface area (Å²) in [6.07, 6.45) is 5.18. The fraction of sp³-hybridized carbons (Fsp3) is 0.562. The van der Waals surface area contributed by atoms with Crippen LogP contribution in [0, 0.1) is 11.7 Å². The molecule has 114 valence electrons. The van der Waals surface area contributed by atoms with E-state index in [-0.39, 0.29) is 5.82 Å². The average Bonchev–Trinajstić information content (AvgIpc) is 2.81. The zero-order valence-corrected chi connectivity index (χ0v) is 13.4. The van der Waals surface area contributed by atoms with Crippen molar-refractivity contribution in [2.24, 2.45) is 5.92 Å². The zero-order chi connectivity index (χ0) is 15.0. The highest BCUT2D eigenvalue weighted by molar-refractivity contribution is 9.10. The number of halogens is 2. The van der Waals surface area contributed by atoms with E-state index in [0.717, 1.165) is 19.3 Å². The van der Waals surface area contributed by atoms with Gasteiger partial charge < -0.3 is 5.11 Å². The van der Waals surface area contributed by atoms with Crippen LogP contribution >= 0.6 is 15.9 Å². The Balaban J connectivity index is 1.84. The molecule has 3 atom stereocenters. The van der Waals surface area contributed by atoms with Crippen molar-refractivity contribution in [3.05, 3.63) is 34.1 Å². The Morgan fingerprint density at radius 2 is 2.14 bits per heavy atom. The van der Waals surface area contributed by atoms with Crippen molar-refractivity contribution in [2.75, 3.05) is 0 Å². The van der Waals surface area contributed by atoms with Gasteiger partial charge in [0.2, 0.25) is 0 Å². The van der Waals surface area contributed by atoms with Crippen LogP contribution in [0.15, 0.2) is 22.7 Å². The Morgan fingerprint density at radius 1 is 1.38 bits per heavy atom. The Morgan fingerprint density at radius 3 is 2.86 bits per heavy atom. The molecule has 2 aliphatic rings. The molecule has 0 spiro atoms. The molecule has 1 N–H and O–H groups in total. The first-order valence-electron chi connectivity index (χ1n) is 7.48. The standard InChI is InChI=1S/C16H19BrFNO2/c17-12-6-5-11(13(18)8-12)9-19-14-4-2-1-3-10(14)7-15(19)16(20)21/h5-6,8,10,14-15H,1-4,7,9H2,(H,20,21)/t10-,14-,15+/m1/s1. The first-order valence-corrected chi connectivity index (χ1v) is 8.28. The molecule has 3 rings (SSSR count). The lowest BCUT2D eigenvalue weighted by atomic mass is 9.84. The van der Waals surface area contributed by atoms with Gasteiger partial charge in [0.15, 0.2) is 0 Å². The number of likely N-dealkylation sites (tertiary alicyclic amines) is 1. The maximum atomic E-state index is 14.1. The molecular weight excluding hydrogens is 337 g/mol. The quantitative estimate of drug-likeness (QED) is 0.896. The van der Waals surface area contributed by atoms with Gasteiger partial charge in [-0.15, -0.1) is 0 Å². The molecule has 0 unspecified atom stereocenters. The van der Waals surface area contributed by atoms with Gasteiger partial charge >= 0.3 is 5.97 Å². The SMILES string of the molecule is O=C(O)[C@@H]1C[C@H]2CCCC[C@H]2N1Cc1ccc(Br)cc1F. The molecule has 1 aliphatic heterocycles. The van der Waals surface area contributed by atoms with Crippen molar-refractivity contribution in [1.29, 1.82) is 0 Å². The first-order chi connectivity index (χ1) is 10.1. The molecule has 3 nitrogen and oxygen atoms in total. The molecule has 5 heteroatoms. The van der Waals surface area contributed by atoms with Gasteiger partial charge in [-0.25, -0.2) is 4.39 Å². The number of rotatable bonds is 3. The van der Waals surface area contributed by atoms with Crippen molar-refractivity contribution in [3.8, 4) is 0 Å². The van der Waals surface area contributed by atoms with Crippen LogP contribution in [0.5, 0.6) is 0 Å². The Kier molecular flexibility index (Phi) is 4.31. The smallest absolute Gasteiger partial charge is 0.320 e. The Labute approximate surface area is 132 Å². The van der Waals surface area contributed by atoms with Gasteiger partial charge in [-0.3, -0.25) is 9.69 Å². The fourth-order valence-electron chi connectivity index (χ4n) is 3.87. The Bertz CT molecular complexity index is 551. The number of fused-ring (bicyclic) bond motifs is 1. The summed E-state index contributed by atoms with van der Waals surface area (Å²) in [5.74, 6) is -0.590. The molecule has 1 aromatic rings. The number of aliphatic carboxylic acids is 1. The summed E-state index contributed by atoms with van der Waals surface area (Å²) in [6, 6.07) is 4.82. The lowest BCUT2D eigenvalue weighted by molar-refractivity contribution is -0.142. The van der Waals surface area contributed by atoms with Crippen LogP contribution in [-0.2, 0) is 11.3 Å². The van der Waals surface area contributed by atoms with Crippen molar-refractivity contribution < 1.29 is 14.3 Å². The first kappa shape index (κ1) is 15.0. The third-order valence-electron chi connectivity index (χ3n) is 4.87. The van der Waals surface area contributed by atoms with E-state index < -0.39 is 12.0 Å². The summed E-state index contributed by atoms with van der Waals surface area (Å²) >= 11 is 3.25. The molecule has 1 heterocycles. The van der Waals surface area contributed by atoms with E-state index in [2.05, 4.69) is 15.9 Å².